The van der Waals surface area contributed by atoms with Crippen LogP contribution in [0.5, 0.6) is 0 Å². The van der Waals surface area contributed by atoms with E-state index in [2.05, 4.69) is 98.7 Å². The summed E-state index contributed by atoms with van der Waals surface area (Å²) in [4.78, 5) is 0. The van der Waals surface area contributed by atoms with E-state index >= 15 is 0 Å². The van der Waals surface area contributed by atoms with Crippen LogP contribution in [-0.2, 0) is 10.8 Å². The van der Waals surface area contributed by atoms with Gasteiger partial charge in [0.15, 0.2) is 0 Å². The van der Waals surface area contributed by atoms with Crippen molar-refractivity contribution in [3.63, 3.8) is 0 Å². The molecule has 2 rings (SSSR count). The van der Waals surface area contributed by atoms with Gasteiger partial charge in [0.1, 0.15) is 0 Å². The molecule has 2 aromatic rings. The maximum absolute atomic E-state index is 2.39. The molecule has 0 N–H and O–H groups in total. The van der Waals surface area contributed by atoms with Crippen LogP contribution in [0.1, 0.15) is 83.6 Å². The topological polar surface area (TPSA) is 0 Å². The Hall–Kier alpha value is -1.56. The lowest BCUT2D eigenvalue weighted by Gasteiger charge is -2.27. The summed E-state index contributed by atoms with van der Waals surface area (Å²) in [7, 11) is 0. The molecule has 0 spiro atoms. The SMILES string of the molecule is Cc1c(-c2cc(C(C)(C)C)cc(C(C)(C)C)c2)cccc1C(C)C. The molecule has 0 aliphatic carbocycles. The fourth-order valence-electron chi connectivity index (χ4n) is 3.24. The van der Waals surface area contributed by atoms with Gasteiger partial charge in [0.05, 0.1) is 0 Å². The van der Waals surface area contributed by atoms with E-state index in [4.69, 9.17) is 0 Å². The van der Waals surface area contributed by atoms with Crippen molar-refractivity contribution < 1.29 is 0 Å². The third-order valence-corrected chi connectivity index (χ3v) is 4.97. The smallest absolute Gasteiger partial charge is 0.0132 e. The first-order chi connectivity index (χ1) is 10.9. The zero-order valence-electron chi connectivity index (χ0n) is 17.0. The van der Waals surface area contributed by atoms with E-state index in [9.17, 15) is 0 Å². The summed E-state index contributed by atoms with van der Waals surface area (Å²) < 4.78 is 0. The van der Waals surface area contributed by atoms with E-state index < -0.39 is 0 Å². The molecule has 0 heterocycles. The molecule has 0 aliphatic rings. The molecule has 0 unspecified atom stereocenters. The Morgan fingerprint density at radius 1 is 0.750 bits per heavy atom. The van der Waals surface area contributed by atoms with Gasteiger partial charge in [-0.2, -0.15) is 0 Å². The zero-order chi connectivity index (χ0) is 18.3. The molecule has 0 atom stereocenters. The predicted molar refractivity (Wildman–Crippen MR) is 108 cm³/mol. The van der Waals surface area contributed by atoms with Crippen molar-refractivity contribution in [1.29, 1.82) is 0 Å². The summed E-state index contributed by atoms with van der Waals surface area (Å²) in [6, 6.07) is 13.9. The van der Waals surface area contributed by atoms with Gasteiger partial charge in [0, 0.05) is 0 Å². The van der Waals surface area contributed by atoms with Crippen LogP contribution >= 0.6 is 0 Å². The Labute approximate surface area is 149 Å². The number of hydrogen-bond acceptors (Lipinski definition) is 0. The van der Waals surface area contributed by atoms with E-state index in [1.165, 1.54) is 33.4 Å². The Morgan fingerprint density at radius 3 is 1.67 bits per heavy atom. The molecule has 0 aromatic heterocycles. The summed E-state index contributed by atoms with van der Waals surface area (Å²) in [6.07, 6.45) is 0. The van der Waals surface area contributed by atoms with Crippen LogP contribution in [0.4, 0.5) is 0 Å². The van der Waals surface area contributed by atoms with Crippen molar-refractivity contribution in [2.24, 2.45) is 0 Å². The van der Waals surface area contributed by atoms with Gasteiger partial charge in [-0.3, -0.25) is 0 Å². The van der Waals surface area contributed by atoms with Gasteiger partial charge >= 0.3 is 0 Å². The first kappa shape index (κ1) is 18.8. The van der Waals surface area contributed by atoms with Gasteiger partial charge in [-0.25, -0.2) is 0 Å². The van der Waals surface area contributed by atoms with E-state index in [-0.39, 0.29) is 10.8 Å². The summed E-state index contributed by atoms with van der Waals surface area (Å²) >= 11 is 0. The van der Waals surface area contributed by atoms with Crippen LogP contribution in [0.15, 0.2) is 36.4 Å². The van der Waals surface area contributed by atoms with Crippen LogP contribution in [0, 0.1) is 6.92 Å². The Bertz CT molecular complexity index is 686. The average molecular weight is 323 g/mol. The molecule has 0 saturated carbocycles. The van der Waals surface area contributed by atoms with Gasteiger partial charge in [-0.05, 0) is 57.1 Å². The van der Waals surface area contributed by atoms with Gasteiger partial charge in [0.25, 0.3) is 0 Å². The third kappa shape index (κ3) is 3.91. The van der Waals surface area contributed by atoms with Gasteiger partial charge in [-0.15, -0.1) is 0 Å². The van der Waals surface area contributed by atoms with Crippen molar-refractivity contribution in [3.8, 4) is 11.1 Å². The maximum Gasteiger partial charge on any atom is -0.0132 e. The Morgan fingerprint density at radius 2 is 1.25 bits per heavy atom. The van der Waals surface area contributed by atoms with Crippen LogP contribution < -0.4 is 0 Å². The quantitative estimate of drug-likeness (QED) is 0.541. The normalized spacial score (nSPS) is 12.8. The Kier molecular flexibility index (Phi) is 5.00. The molecule has 0 radical (unpaired) electrons. The summed E-state index contributed by atoms with van der Waals surface area (Å²) in [5, 5.41) is 0. The Balaban J connectivity index is 2.73. The minimum atomic E-state index is 0.152. The fraction of sp³-hybridized carbons (Fsp3) is 0.500. The second-order valence-electron chi connectivity index (χ2n) is 9.47. The molecular formula is C24H34. The fourth-order valence-corrected chi connectivity index (χ4v) is 3.24. The van der Waals surface area contributed by atoms with Crippen molar-refractivity contribution in [2.45, 2.75) is 79.1 Å². The van der Waals surface area contributed by atoms with E-state index in [0.29, 0.717) is 5.92 Å². The minimum absolute atomic E-state index is 0.152. The van der Waals surface area contributed by atoms with Gasteiger partial charge in [-0.1, -0.05) is 91.8 Å². The second-order valence-corrected chi connectivity index (χ2v) is 9.47. The number of rotatable bonds is 2. The van der Waals surface area contributed by atoms with Gasteiger partial charge < -0.3 is 0 Å². The molecule has 0 bridgehead atoms. The maximum atomic E-state index is 2.39. The summed E-state index contributed by atoms with van der Waals surface area (Å²) in [6.45, 7) is 20.6. The lowest BCUT2D eigenvalue weighted by Crippen LogP contribution is -2.16. The van der Waals surface area contributed by atoms with Gasteiger partial charge in [0.2, 0.25) is 0 Å². The van der Waals surface area contributed by atoms with Crippen molar-refractivity contribution in [2.75, 3.05) is 0 Å². The first-order valence-corrected chi connectivity index (χ1v) is 9.17. The van der Waals surface area contributed by atoms with Crippen molar-refractivity contribution >= 4 is 0 Å². The highest BCUT2D eigenvalue weighted by Crippen LogP contribution is 2.36. The molecule has 0 nitrogen and oxygen atoms in total. The van der Waals surface area contributed by atoms with E-state index in [1.54, 1.807) is 0 Å². The molecule has 2 aromatic carbocycles. The minimum Gasteiger partial charge on any atom is -0.0613 e. The largest absolute Gasteiger partial charge is 0.0613 e. The molecule has 0 fully saturated rings. The summed E-state index contributed by atoms with van der Waals surface area (Å²) in [5.41, 5.74) is 8.73. The highest BCUT2D eigenvalue weighted by atomic mass is 14.3. The number of hydrogen-bond donors (Lipinski definition) is 0. The molecule has 0 saturated heterocycles. The van der Waals surface area contributed by atoms with Crippen LogP contribution in [0.2, 0.25) is 0 Å². The molecular weight excluding hydrogens is 288 g/mol. The average Bonchev–Trinajstić information content (AvgIpc) is 2.44. The first-order valence-electron chi connectivity index (χ1n) is 9.17. The molecule has 0 heteroatoms. The van der Waals surface area contributed by atoms with Crippen molar-refractivity contribution in [3.05, 3.63) is 58.7 Å². The zero-order valence-corrected chi connectivity index (χ0v) is 17.0. The monoisotopic (exact) mass is 322 g/mol. The van der Waals surface area contributed by atoms with Crippen LogP contribution in [0.3, 0.4) is 0 Å². The van der Waals surface area contributed by atoms with E-state index in [1.807, 2.05) is 0 Å². The lowest BCUT2D eigenvalue weighted by molar-refractivity contribution is 0.569. The second kappa shape index (κ2) is 6.39. The molecule has 24 heavy (non-hydrogen) atoms. The third-order valence-electron chi connectivity index (χ3n) is 4.97. The molecule has 0 amide bonds. The predicted octanol–water partition coefficient (Wildman–Crippen LogP) is 7.38. The summed E-state index contributed by atoms with van der Waals surface area (Å²) in [5.74, 6) is 0.554. The number of benzene rings is 2. The van der Waals surface area contributed by atoms with Crippen molar-refractivity contribution in [1.82, 2.24) is 0 Å². The standard InChI is InChI=1S/C24H34/c1-16(2)21-11-10-12-22(17(21)3)18-13-19(23(4,5)6)15-20(14-18)24(7,8)9/h10-16H,1-9H3. The highest BCUT2D eigenvalue weighted by Gasteiger charge is 2.21. The van der Waals surface area contributed by atoms with E-state index in [0.717, 1.165) is 0 Å². The van der Waals surface area contributed by atoms with Crippen LogP contribution in [-0.4, -0.2) is 0 Å². The molecule has 130 valence electrons. The highest BCUT2D eigenvalue weighted by molar-refractivity contribution is 5.71. The lowest BCUT2D eigenvalue weighted by atomic mass is 9.78. The molecule has 0 aliphatic heterocycles. The van der Waals surface area contributed by atoms with Crippen LogP contribution in [0.25, 0.3) is 11.1 Å².